The van der Waals surface area contributed by atoms with Crippen molar-refractivity contribution in [1.82, 2.24) is 19.2 Å². The second-order valence-corrected chi connectivity index (χ2v) is 6.54. The van der Waals surface area contributed by atoms with Crippen molar-refractivity contribution in [3.8, 4) is 5.88 Å². The number of ether oxygens (including phenoxy) is 1. The molecular formula is C18H24N4O3. The van der Waals surface area contributed by atoms with Gasteiger partial charge in [-0.1, -0.05) is 0 Å². The third-order valence-corrected chi connectivity index (χ3v) is 5.04. The molecule has 25 heavy (non-hydrogen) atoms. The Labute approximate surface area is 146 Å². The number of likely N-dealkylation sites (tertiary alicyclic amines) is 1. The van der Waals surface area contributed by atoms with Crippen LogP contribution < -0.4 is 10.3 Å². The van der Waals surface area contributed by atoms with Gasteiger partial charge in [0.15, 0.2) is 0 Å². The van der Waals surface area contributed by atoms with Crippen LogP contribution in [0.15, 0.2) is 16.9 Å². The third kappa shape index (κ3) is 2.73. The molecule has 1 amide bonds. The monoisotopic (exact) mass is 344 g/mol. The molecule has 0 spiro atoms. The van der Waals surface area contributed by atoms with E-state index in [1.54, 1.807) is 35.9 Å². The van der Waals surface area contributed by atoms with Gasteiger partial charge in [-0.2, -0.15) is 5.10 Å². The van der Waals surface area contributed by atoms with Crippen molar-refractivity contribution in [3.63, 3.8) is 0 Å². The Morgan fingerprint density at radius 1 is 1.28 bits per heavy atom. The topological polar surface area (TPSA) is 69.4 Å². The summed E-state index contributed by atoms with van der Waals surface area (Å²) in [7, 11) is 5.12. The summed E-state index contributed by atoms with van der Waals surface area (Å²) >= 11 is 0. The summed E-state index contributed by atoms with van der Waals surface area (Å²) in [5, 5.41) is 4.42. The van der Waals surface area contributed by atoms with E-state index >= 15 is 0 Å². The van der Waals surface area contributed by atoms with Crippen LogP contribution in [0.2, 0.25) is 0 Å². The highest BCUT2D eigenvalue weighted by atomic mass is 16.5. The molecule has 1 saturated heterocycles. The number of pyridine rings is 1. The van der Waals surface area contributed by atoms with Crippen LogP contribution in [0.5, 0.6) is 5.88 Å². The molecule has 2 aromatic rings. The van der Waals surface area contributed by atoms with Crippen LogP contribution in [0.1, 0.15) is 46.2 Å². The molecule has 0 saturated carbocycles. The molecule has 3 heterocycles. The molecule has 0 bridgehead atoms. The van der Waals surface area contributed by atoms with Gasteiger partial charge in [0.25, 0.3) is 11.5 Å². The summed E-state index contributed by atoms with van der Waals surface area (Å²) in [5.41, 5.74) is 2.55. The fraction of sp³-hybridized carbons (Fsp3) is 0.500. The van der Waals surface area contributed by atoms with Gasteiger partial charge in [-0.15, -0.1) is 0 Å². The van der Waals surface area contributed by atoms with Crippen LogP contribution in [0.4, 0.5) is 0 Å². The normalized spacial score (nSPS) is 17.2. The van der Waals surface area contributed by atoms with E-state index in [1.807, 2.05) is 20.9 Å². The first-order valence-electron chi connectivity index (χ1n) is 8.42. The van der Waals surface area contributed by atoms with Gasteiger partial charge < -0.3 is 14.2 Å². The fourth-order valence-corrected chi connectivity index (χ4v) is 3.63. The molecule has 0 aliphatic carbocycles. The second kappa shape index (κ2) is 6.38. The van der Waals surface area contributed by atoms with Gasteiger partial charge >= 0.3 is 0 Å². The summed E-state index contributed by atoms with van der Waals surface area (Å²) in [5.74, 6) is 0.437. The van der Waals surface area contributed by atoms with E-state index in [0.29, 0.717) is 12.4 Å². The number of carbonyl (C=O) groups excluding carboxylic acids is 1. The summed E-state index contributed by atoms with van der Waals surface area (Å²) in [6, 6.07) is 3.31. The van der Waals surface area contributed by atoms with Gasteiger partial charge in [0.2, 0.25) is 5.88 Å². The Hall–Kier alpha value is -2.57. The van der Waals surface area contributed by atoms with Crippen LogP contribution in [0, 0.1) is 13.8 Å². The Bertz CT molecular complexity index is 881. The molecule has 1 aliphatic heterocycles. The van der Waals surface area contributed by atoms with Gasteiger partial charge in [-0.05, 0) is 38.8 Å². The zero-order valence-corrected chi connectivity index (χ0v) is 15.4. The fourth-order valence-electron chi connectivity index (χ4n) is 3.63. The molecule has 1 aliphatic rings. The van der Waals surface area contributed by atoms with Crippen molar-refractivity contribution >= 4 is 5.91 Å². The van der Waals surface area contributed by atoms with E-state index in [-0.39, 0.29) is 23.1 Å². The highest BCUT2D eigenvalue weighted by Crippen LogP contribution is 2.39. The van der Waals surface area contributed by atoms with Crippen molar-refractivity contribution in [1.29, 1.82) is 0 Å². The smallest absolute Gasteiger partial charge is 0.263 e. The number of hydrogen-bond acceptors (Lipinski definition) is 4. The number of aryl methyl sites for hydroxylation is 3. The Kier molecular flexibility index (Phi) is 4.41. The highest BCUT2D eigenvalue weighted by Gasteiger charge is 2.36. The average molecular weight is 344 g/mol. The third-order valence-electron chi connectivity index (χ3n) is 5.04. The standard InChI is InChI=1S/C18H24N4O3/c1-11-8-9-13(16(23)20(11)3)17(24)22-10-6-7-14(22)15-12(2)19-21(4)18(15)25-5/h8-9,14H,6-7,10H2,1-5H3. The number of aromatic nitrogens is 3. The van der Waals surface area contributed by atoms with E-state index in [9.17, 15) is 9.59 Å². The minimum atomic E-state index is -0.259. The number of nitrogens with zero attached hydrogens (tertiary/aromatic N) is 4. The lowest BCUT2D eigenvalue weighted by Gasteiger charge is -2.25. The van der Waals surface area contributed by atoms with Gasteiger partial charge in [0.1, 0.15) is 5.56 Å². The maximum atomic E-state index is 13.1. The van der Waals surface area contributed by atoms with Crippen molar-refractivity contribution in [2.75, 3.05) is 13.7 Å². The zero-order valence-electron chi connectivity index (χ0n) is 15.4. The Balaban J connectivity index is 2.02. The lowest BCUT2D eigenvalue weighted by molar-refractivity contribution is 0.0731. The van der Waals surface area contributed by atoms with Crippen LogP contribution in [-0.2, 0) is 14.1 Å². The van der Waals surface area contributed by atoms with Crippen molar-refractivity contribution in [2.24, 2.45) is 14.1 Å². The predicted molar refractivity (Wildman–Crippen MR) is 93.9 cm³/mol. The van der Waals surface area contributed by atoms with Gasteiger partial charge in [0.05, 0.1) is 24.4 Å². The molecule has 1 fully saturated rings. The molecule has 134 valence electrons. The Morgan fingerprint density at radius 2 is 2.00 bits per heavy atom. The van der Waals surface area contributed by atoms with E-state index in [0.717, 1.165) is 29.8 Å². The lowest BCUT2D eigenvalue weighted by Crippen LogP contribution is -2.36. The molecule has 1 atom stereocenters. The quantitative estimate of drug-likeness (QED) is 0.850. The lowest BCUT2D eigenvalue weighted by atomic mass is 10.0. The Morgan fingerprint density at radius 3 is 2.68 bits per heavy atom. The van der Waals surface area contributed by atoms with Crippen LogP contribution in [0.3, 0.4) is 0 Å². The van der Waals surface area contributed by atoms with Crippen molar-refractivity contribution in [2.45, 2.75) is 32.7 Å². The van der Waals surface area contributed by atoms with Gasteiger partial charge in [-0.3, -0.25) is 9.59 Å². The van der Waals surface area contributed by atoms with E-state index in [2.05, 4.69) is 5.10 Å². The van der Waals surface area contributed by atoms with Crippen LogP contribution in [-0.4, -0.2) is 38.8 Å². The maximum Gasteiger partial charge on any atom is 0.263 e. The molecule has 0 radical (unpaired) electrons. The minimum Gasteiger partial charge on any atom is -0.481 e. The number of rotatable bonds is 3. The number of carbonyl (C=O) groups is 1. The largest absolute Gasteiger partial charge is 0.481 e. The first kappa shape index (κ1) is 17.3. The summed E-state index contributed by atoms with van der Waals surface area (Å²) in [6.45, 7) is 4.39. The van der Waals surface area contributed by atoms with Gasteiger partial charge in [-0.25, -0.2) is 4.68 Å². The van der Waals surface area contributed by atoms with Crippen LogP contribution >= 0.6 is 0 Å². The minimum absolute atomic E-state index is 0.123. The van der Waals surface area contributed by atoms with E-state index in [1.165, 1.54) is 4.57 Å². The molecule has 7 nitrogen and oxygen atoms in total. The molecule has 3 rings (SSSR count). The number of hydrogen-bond donors (Lipinski definition) is 0. The molecule has 0 N–H and O–H groups in total. The SMILES string of the molecule is COc1c(C2CCCN2C(=O)c2ccc(C)n(C)c2=O)c(C)nn1C. The molecule has 0 aromatic carbocycles. The second-order valence-electron chi connectivity index (χ2n) is 6.54. The predicted octanol–water partition coefficient (Wildman–Crippen LogP) is 1.72. The van der Waals surface area contributed by atoms with E-state index < -0.39 is 0 Å². The first-order valence-corrected chi connectivity index (χ1v) is 8.42. The van der Waals surface area contributed by atoms with Crippen molar-refractivity contribution in [3.05, 3.63) is 45.0 Å². The van der Waals surface area contributed by atoms with Gasteiger partial charge in [0, 0.05) is 26.3 Å². The van der Waals surface area contributed by atoms with E-state index in [4.69, 9.17) is 4.74 Å². The average Bonchev–Trinajstić information content (AvgIpc) is 3.15. The molecular weight excluding hydrogens is 320 g/mol. The first-order chi connectivity index (χ1) is 11.9. The number of amides is 1. The summed E-state index contributed by atoms with van der Waals surface area (Å²) < 4.78 is 8.70. The maximum absolute atomic E-state index is 13.1. The molecule has 7 heteroatoms. The molecule has 1 unspecified atom stereocenters. The zero-order chi connectivity index (χ0) is 18.3. The highest BCUT2D eigenvalue weighted by molar-refractivity contribution is 5.94. The number of methoxy groups -OCH3 is 1. The summed E-state index contributed by atoms with van der Waals surface area (Å²) in [4.78, 5) is 27.4. The van der Waals surface area contributed by atoms with Crippen LogP contribution in [0.25, 0.3) is 0 Å². The molecule has 2 aromatic heterocycles. The van der Waals surface area contributed by atoms with Crippen molar-refractivity contribution < 1.29 is 9.53 Å². The summed E-state index contributed by atoms with van der Waals surface area (Å²) in [6.07, 6.45) is 1.72.